The van der Waals surface area contributed by atoms with Crippen LogP contribution in [0.2, 0.25) is 0 Å². The van der Waals surface area contributed by atoms with E-state index in [2.05, 4.69) is 15.5 Å². The van der Waals surface area contributed by atoms with E-state index < -0.39 is 6.04 Å². The van der Waals surface area contributed by atoms with Gasteiger partial charge in [0.2, 0.25) is 17.7 Å². The Balaban J connectivity index is 1.93. The molecule has 1 saturated heterocycles. The van der Waals surface area contributed by atoms with Crippen LogP contribution in [-0.4, -0.2) is 39.4 Å². The van der Waals surface area contributed by atoms with E-state index in [9.17, 15) is 9.59 Å². The molecular weight excluding hydrogens is 272 g/mol. The molecule has 21 heavy (non-hydrogen) atoms. The first-order valence-electron chi connectivity index (χ1n) is 7.45. The van der Waals surface area contributed by atoms with Gasteiger partial charge < -0.3 is 14.7 Å². The van der Waals surface area contributed by atoms with Gasteiger partial charge in [-0.2, -0.15) is 4.98 Å². The Kier molecular flexibility index (Phi) is 4.93. The molecule has 2 heterocycles. The van der Waals surface area contributed by atoms with Crippen LogP contribution in [0.3, 0.4) is 0 Å². The van der Waals surface area contributed by atoms with Gasteiger partial charge in [-0.1, -0.05) is 12.1 Å². The van der Waals surface area contributed by atoms with E-state index >= 15 is 0 Å². The molecule has 7 heteroatoms. The van der Waals surface area contributed by atoms with Crippen LogP contribution in [0.15, 0.2) is 4.52 Å². The maximum Gasteiger partial charge on any atom is 0.248 e. The first-order chi connectivity index (χ1) is 10.0. The number of hydrogen-bond donors (Lipinski definition) is 1. The van der Waals surface area contributed by atoms with Crippen molar-refractivity contribution < 1.29 is 14.1 Å². The van der Waals surface area contributed by atoms with Crippen LogP contribution in [0.25, 0.3) is 0 Å². The van der Waals surface area contributed by atoms with Crippen molar-refractivity contribution in [3.8, 4) is 0 Å². The number of aryl methyl sites for hydroxylation is 1. The molecule has 116 valence electrons. The molecule has 0 aliphatic carbocycles. The van der Waals surface area contributed by atoms with Gasteiger partial charge in [-0.3, -0.25) is 9.59 Å². The third-order valence-electron chi connectivity index (χ3n) is 3.64. The molecule has 0 spiro atoms. The quantitative estimate of drug-likeness (QED) is 0.852. The third kappa shape index (κ3) is 3.59. The summed E-state index contributed by atoms with van der Waals surface area (Å²) in [6.07, 6.45) is 3.03. The fraction of sp³-hybridized carbons (Fsp3) is 0.714. The SMILES string of the molecule is CCCc1noc([C@H](C)NC(=O)[C@H](C)N2CCCC2=O)n1. The minimum absolute atomic E-state index is 0.0355. The fourth-order valence-electron chi connectivity index (χ4n) is 2.38. The maximum absolute atomic E-state index is 12.2. The van der Waals surface area contributed by atoms with Gasteiger partial charge in [0, 0.05) is 19.4 Å². The number of nitrogens with zero attached hydrogens (tertiary/aromatic N) is 3. The van der Waals surface area contributed by atoms with Gasteiger partial charge >= 0.3 is 0 Å². The molecule has 1 aromatic heterocycles. The summed E-state index contributed by atoms with van der Waals surface area (Å²) in [7, 11) is 0. The standard InChI is InChI=1S/C14H22N4O3/c1-4-6-11-16-14(21-17-11)9(2)15-13(20)10(3)18-8-5-7-12(18)19/h9-10H,4-8H2,1-3H3,(H,15,20)/t9-,10-/m0/s1. The van der Waals surface area contributed by atoms with E-state index in [1.165, 1.54) is 0 Å². The zero-order valence-corrected chi connectivity index (χ0v) is 12.8. The van der Waals surface area contributed by atoms with Crippen molar-refractivity contribution in [2.24, 2.45) is 0 Å². The van der Waals surface area contributed by atoms with Crippen LogP contribution in [0.5, 0.6) is 0 Å². The molecule has 0 bridgehead atoms. The molecule has 0 aromatic carbocycles. The van der Waals surface area contributed by atoms with E-state index in [1.54, 1.807) is 18.7 Å². The number of hydrogen-bond acceptors (Lipinski definition) is 5. The molecule has 0 saturated carbocycles. The predicted molar refractivity (Wildman–Crippen MR) is 75.3 cm³/mol. The van der Waals surface area contributed by atoms with Gasteiger partial charge in [-0.05, 0) is 26.7 Å². The monoisotopic (exact) mass is 294 g/mol. The van der Waals surface area contributed by atoms with Gasteiger partial charge in [0.25, 0.3) is 0 Å². The third-order valence-corrected chi connectivity index (χ3v) is 3.64. The Morgan fingerprint density at radius 3 is 2.86 bits per heavy atom. The summed E-state index contributed by atoms with van der Waals surface area (Å²) in [5.74, 6) is 0.879. The molecule has 2 atom stereocenters. The summed E-state index contributed by atoms with van der Waals surface area (Å²) >= 11 is 0. The summed E-state index contributed by atoms with van der Waals surface area (Å²) < 4.78 is 5.15. The van der Waals surface area contributed by atoms with E-state index in [4.69, 9.17) is 4.52 Å². The van der Waals surface area contributed by atoms with Crippen molar-refractivity contribution in [3.05, 3.63) is 11.7 Å². The number of likely N-dealkylation sites (tertiary alicyclic amines) is 1. The largest absolute Gasteiger partial charge is 0.343 e. The Morgan fingerprint density at radius 1 is 1.48 bits per heavy atom. The minimum atomic E-state index is -0.472. The lowest BCUT2D eigenvalue weighted by molar-refractivity contribution is -0.137. The van der Waals surface area contributed by atoms with Gasteiger partial charge in [0.05, 0.1) is 0 Å². The Bertz CT molecular complexity index is 514. The number of amides is 2. The van der Waals surface area contributed by atoms with Crippen molar-refractivity contribution in [2.45, 2.75) is 58.5 Å². The minimum Gasteiger partial charge on any atom is -0.343 e. The number of aromatic nitrogens is 2. The van der Waals surface area contributed by atoms with Gasteiger partial charge in [-0.25, -0.2) is 0 Å². The van der Waals surface area contributed by atoms with Gasteiger partial charge in [-0.15, -0.1) is 0 Å². The number of carbonyl (C=O) groups is 2. The van der Waals surface area contributed by atoms with Crippen molar-refractivity contribution in [1.82, 2.24) is 20.4 Å². The fourth-order valence-corrected chi connectivity index (χ4v) is 2.38. The highest BCUT2D eigenvalue weighted by molar-refractivity contribution is 5.88. The van der Waals surface area contributed by atoms with Crippen LogP contribution in [-0.2, 0) is 16.0 Å². The molecule has 0 radical (unpaired) electrons. The lowest BCUT2D eigenvalue weighted by Gasteiger charge is -2.24. The summed E-state index contributed by atoms with van der Waals surface area (Å²) in [5.41, 5.74) is 0. The highest BCUT2D eigenvalue weighted by atomic mass is 16.5. The van der Waals surface area contributed by atoms with Crippen LogP contribution < -0.4 is 5.32 Å². The molecule has 1 N–H and O–H groups in total. The van der Waals surface area contributed by atoms with Crippen LogP contribution in [0.1, 0.15) is 57.8 Å². The zero-order chi connectivity index (χ0) is 15.4. The maximum atomic E-state index is 12.2. The lowest BCUT2D eigenvalue weighted by Crippen LogP contribution is -2.46. The molecule has 0 unspecified atom stereocenters. The molecule has 2 rings (SSSR count). The van der Waals surface area contributed by atoms with E-state index in [0.717, 1.165) is 19.3 Å². The van der Waals surface area contributed by atoms with Gasteiger partial charge in [0.15, 0.2) is 5.82 Å². The smallest absolute Gasteiger partial charge is 0.248 e. The molecule has 7 nitrogen and oxygen atoms in total. The van der Waals surface area contributed by atoms with Crippen LogP contribution in [0.4, 0.5) is 0 Å². The second kappa shape index (κ2) is 6.69. The van der Waals surface area contributed by atoms with Crippen LogP contribution in [0, 0.1) is 0 Å². The van der Waals surface area contributed by atoms with Crippen molar-refractivity contribution >= 4 is 11.8 Å². The molecule has 1 aliphatic rings. The topological polar surface area (TPSA) is 88.3 Å². The summed E-state index contributed by atoms with van der Waals surface area (Å²) in [4.78, 5) is 29.7. The van der Waals surface area contributed by atoms with Crippen molar-refractivity contribution in [2.75, 3.05) is 6.54 Å². The highest BCUT2D eigenvalue weighted by Gasteiger charge is 2.30. The number of rotatable bonds is 6. The summed E-state index contributed by atoms with van der Waals surface area (Å²) in [6.45, 7) is 6.21. The molecular formula is C14H22N4O3. The zero-order valence-electron chi connectivity index (χ0n) is 12.8. The predicted octanol–water partition coefficient (Wildman–Crippen LogP) is 1.21. The highest BCUT2D eigenvalue weighted by Crippen LogP contribution is 2.15. The summed E-state index contributed by atoms with van der Waals surface area (Å²) in [5, 5.41) is 6.69. The van der Waals surface area contributed by atoms with Gasteiger partial charge in [0.1, 0.15) is 12.1 Å². The lowest BCUT2D eigenvalue weighted by atomic mass is 10.2. The normalized spacial score (nSPS) is 17.9. The summed E-state index contributed by atoms with van der Waals surface area (Å²) in [6, 6.07) is -0.837. The Morgan fingerprint density at radius 2 is 2.24 bits per heavy atom. The average molecular weight is 294 g/mol. The Labute approximate surface area is 124 Å². The Hall–Kier alpha value is -1.92. The van der Waals surface area contributed by atoms with E-state index in [0.29, 0.717) is 24.7 Å². The first-order valence-corrected chi connectivity index (χ1v) is 7.45. The van der Waals surface area contributed by atoms with E-state index in [-0.39, 0.29) is 17.9 Å². The second-order valence-corrected chi connectivity index (χ2v) is 5.40. The van der Waals surface area contributed by atoms with E-state index in [1.807, 2.05) is 6.92 Å². The molecule has 1 fully saturated rings. The number of nitrogens with one attached hydrogen (secondary N) is 1. The average Bonchev–Trinajstić information content (AvgIpc) is 3.07. The first kappa shape index (κ1) is 15.5. The molecule has 1 aliphatic heterocycles. The van der Waals surface area contributed by atoms with Crippen molar-refractivity contribution in [3.63, 3.8) is 0 Å². The molecule has 2 amide bonds. The van der Waals surface area contributed by atoms with Crippen molar-refractivity contribution in [1.29, 1.82) is 0 Å². The number of carbonyl (C=O) groups excluding carboxylic acids is 2. The second-order valence-electron chi connectivity index (χ2n) is 5.40. The van der Waals surface area contributed by atoms with Crippen LogP contribution >= 0.6 is 0 Å². The molecule has 1 aromatic rings.